The number of aliphatic hydroxyl groups excluding tert-OH is 2. The van der Waals surface area contributed by atoms with Crippen molar-refractivity contribution in [1.29, 1.82) is 0 Å². The molecule has 2 heterocycles. The van der Waals surface area contributed by atoms with Gasteiger partial charge in [-0.3, -0.25) is 13.9 Å². The summed E-state index contributed by atoms with van der Waals surface area (Å²) in [4.78, 5) is 23.9. The number of rotatable bonds is 4. The molecule has 0 radical (unpaired) electrons. The highest BCUT2D eigenvalue weighted by atomic mass is 19.1. The summed E-state index contributed by atoms with van der Waals surface area (Å²) in [7, 11) is 0. The van der Waals surface area contributed by atoms with Crippen LogP contribution in [0.5, 0.6) is 0 Å². The summed E-state index contributed by atoms with van der Waals surface area (Å²) in [5.74, 6) is 0. The topological polar surface area (TPSA) is 93.7 Å². The standard InChI is InChI=1S/C12H16F2N2O5/c1-6-4-16(12(20)15(3-2-13)10(6)19)11-8(14)9(18)7(5-17)21-11/h4,7-9,11,17-18H,2-3,5H2,1H3/t7-,8?,9+,11-/m1/s1. The fraction of sp³-hybridized carbons (Fsp3) is 0.667. The SMILES string of the molecule is Cc1cn([C@@H]2O[C@H](CO)[C@H](O)C2F)c(=O)n(CCF)c1=O. The smallest absolute Gasteiger partial charge is 0.333 e. The Hall–Kier alpha value is -1.58. The molecule has 0 saturated carbocycles. The fourth-order valence-electron chi connectivity index (χ4n) is 2.30. The van der Waals surface area contributed by atoms with Crippen molar-refractivity contribution in [1.82, 2.24) is 9.13 Å². The largest absolute Gasteiger partial charge is 0.394 e. The third kappa shape index (κ3) is 2.63. The average molecular weight is 306 g/mol. The number of hydrogen-bond donors (Lipinski definition) is 2. The van der Waals surface area contributed by atoms with E-state index < -0.39 is 55.7 Å². The van der Waals surface area contributed by atoms with Gasteiger partial charge in [0.25, 0.3) is 5.56 Å². The van der Waals surface area contributed by atoms with Crippen LogP contribution in [0.4, 0.5) is 8.78 Å². The molecule has 0 spiro atoms. The van der Waals surface area contributed by atoms with Crippen molar-refractivity contribution in [2.75, 3.05) is 13.3 Å². The van der Waals surface area contributed by atoms with E-state index in [0.29, 0.717) is 4.57 Å². The molecule has 9 heteroatoms. The second-order valence-electron chi connectivity index (χ2n) is 4.83. The lowest BCUT2D eigenvalue weighted by atomic mass is 10.1. The van der Waals surface area contributed by atoms with Gasteiger partial charge >= 0.3 is 5.69 Å². The third-order valence-electron chi connectivity index (χ3n) is 3.42. The molecular weight excluding hydrogens is 290 g/mol. The lowest BCUT2D eigenvalue weighted by molar-refractivity contribution is -0.0497. The first-order valence-corrected chi connectivity index (χ1v) is 6.39. The number of hydrogen-bond acceptors (Lipinski definition) is 5. The molecule has 1 saturated heterocycles. The number of aryl methyl sites for hydroxylation is 1. The molecule has 118 valence electrons. The zero-order valence-electron chi connectivity index (χ0n) is 11.3. The molecule has 1 aromatic rings. The van der Waals surface area contributed by atoms with Gasteiger partial charge in [-0.15, -0.1) is 0 Å². The predicted octanol–water partition coefficient (Wildman–Crippen LogP) is -1.12. The predicted molar refractivity (Wildman–Crippen MR) is 67.6 cm³/mol. The van der Waals surface area contributed by atoms with Crippen molar-refractivity contribution < 1.29 is 23.7 Å². The van der Waals surface area contributed by atoms with Crippen molar-refractivity contribution in [3.63, 3.8) is 0 Å². The minimum atomic E-state index is -1.95. The minimum absolute atomic E-state index is 0.112. The van der Waals surface area contributed by atoms with Gasteiger partial charge in [-0.2, -0.15) is 0 Å². The van der Waals surface area contributed by atoms with Crippen LogP contribution in [-0.4, -0.2) is 51.0 Å². The Kier molecular flexibility index (Phi) is 4.55. The number of aromatic nitrogens is 2. The monoisotopic (exact) mass is 306 g/mol. The van der Waals surface area contributed by atoms with E-state index in [1.807, 2.05) is 0 Å². The molecule has 0 aromatic carbocycles. The van der Waals surface area contributed by atoms with Gasteiger partial charge in [-0.25, -0.2) is 13.6 Å². The summed E-state index contributed by atoms with van der Waals surface area (Å²) >= 11 is 0. The molecule has 1 aromatic heterocycles. The fourth-order valence-corrected chi connectivity index (χ4v) is 2.30. The molecule has 1 aliphatic rings. The first-order valence-electron chi connectivity index (χ1n) is 6.39. The maximum absolute atomic E-state index is 14.0. The zero-order valence-corrected chi connectivity index (χ0v) is 11.3. The van der Waals surface area contributed by atoms with E-state index in [1.165, 1.54) is 6.92 Å². The van der Waals surface area contributed by atoms with E-state index in [4.69, 9.17) is 9.84 Å². The van der Waals surface area contributed by atoms with Crippen LogP contribution in [0.2, 0.25) is 0 Å². The van der Waals surface area contributed by atoms with E-state index in [1.54, 1.807) is 0 Å². The van der Waals surface area contributed by atoms with E-state index in [-0.39, 0.29) is 5.56 Å². The van der Waals surface area contributed by atoms with Crippen molar-refractivity contribution in [2.45, 2.75) is 38.1 Å². The lowest BCUT2D eigenvalue weighted by Gasteiger charge is -2.18. The van der Waals surface area contributed by atoms with Crippen LogP contribution in [0.25, 0.3) is 0 Å². The summed E-state index contributed by atoms with van der Waals surface area (Å²) in [6.45, 7) is -0.592. The van der Waals surface area contributed by atoms with Gasteiger partial charge in [0, 0.05) is 11.8 Å². The Morgan fingerprint density at radius 2 is 2.10 bits per heavy atom. The number of nitrogens with zero attached hydrogens (tertiary/aromatic N) is 2. The molecule has 0 amide bonds. The summed E-state index contributed by atoms with van der Waals surface area (Å²) in [6, 6.07) is 0. The van der Waals surface area contributed by atoms with Crippen molar-refractivity contribution in [3.05, 3.63) is 32.6 Å². The molecule has 1 aliphatic heterocycles. The highest BCUT2D eigenvalue weighted by molar-refractivity contribution is 5.05. The molecule has 0 bridgehead atoms. The quantitative estimate of drug-likeness (QED) is 0.735. The van der Waals surface area contributed by atoms with Crippen molar-refractivity contribution in [3.8, 4) is 0 Å². The van der Waals surface area contributed by atoms with Crippen LogP contribution in [-0.2, 0) is 11.3 Å². The number of ether oxygens (including phenoxy) is 1. The molecule has 1 unspecified atom stereocenters. The summed E-state index contributed by atoms with van der Waals surface area (Å²) in [6.07, 6.45) is -5.08. The third-order valence-corrected chi connectivity index (χ3v) is 3.42. The van der Waals surface area contributed by atoms with Crippen molar-refractivity contribution in [2.24, 2.45) is 0 Å². The summed E-state index contributed by atoms with van der Waals surface area (Å²) in [5.41, 5.74) is -1.48. The number of alkyl halides is 2. The van der Waals surface area contributed by atoms with Gasteiger partial charge in [-0.1, -0.05) is 0 Å². The van der Waals surface area contributed by atoms with E-state index >= 15 is 0 Å². The highest BCUT2D eigenvalue weighted by Gasteiger charge is 2.45. The summed E-state index contributed by atoms with van der Waals surface area (Å²) < 4.78 is 33.0. The molecule has 2 N–H and O–H groups in total. The minimum Gasteiger partial charge on any atom is -0.394 e. The Morgan fingerprint density at radius 1 is 1.43 bits per heavy atom. The molecule has 4 atom stereocenters. The van der Waals surface area contributed by atoms with Crippen molar-refractivity contribution >= 4 is 0 Å². The van der Waals surface area contributed by atoms with E-state index in [2.05, 4.69) is 0 Å². The summed E-state index contributed by atoms with van der Waals surface area (Å²) in [5, 5.41) is 18.6. The van der Waals surface area contributed by atoms with Gasteiger partial charge in [0.15, 0.2) is 12.4 Å². The molecule has 7 nitrogen and oxygen atoms in total. The van der Waals surface area contributed by atoms with Crippen LogP contribution >= 0.6 is 0 Å². The van der Waals surface area contributed by atoms with E-state index in [9.17, 15) is 23.5 Å². The van der Waals surface area contributed by atoms with Gasteiger partial charge in [0.05, 0.1) is 13.2 Å². The van der Waals surface area contributed by atoms with Gasteiger partial charge in [-0.05, 0) is 6.92 Å². The highest BCUT2D eigenvalue weighted by Crippen LogP contribution is 2.30. The van der Waals surface area contributed by atoms with Crippen LogP contribution in [0.3, 0.4) is 0 Å². The molecular formula is C12H16F2N2O5. The van der Waals surface area contributed by atoms with Crippen LogP contribution < -0.4 is 11.2 Å². The lowest BCUT2D eigenvalue weighted by Crippen LogP contribution is -2.44. The molecule has 1 fully saturated rings. The second kappa shape index (κ2) is 6.04. The molecule has 0 aliphatic carbocycles. The maximum Gasteiger partial charge on any atom is 0.333 e. The average Bonchev–Trinajstić information content (AvgIpc) is 2.75. The Morgan fingerprint density at radius 3 is 2.62 bits per heavy atom. The van der Waals surface area contributed by atoms with E-state index in [0.717, 1.165) is 10.8 Å². The molecule has 21 heavy (non-hydrogen) atoms. The number of halogens is 2. The normalized spacial score (nSPS) is 29.0. The van der Waals surface area contributed by atoms with Crippen LogP contribution in [0.1, 0.15) is 11.8 Å². The Labute approximate surface area is 118 Å². The van der Waals surface area contributed by atoms with Crippen LogP contribution in [0, 0.1) is 6.92 Å². The van der Waals surface area contributed by atoms with Gasteiger partial charge in [0.1, 0.15) is 18.9 Å². The first-order chi connectivity index (χ1) is 9.92. The zero-order chi connectivity index (χ0) is 15.7. The second-order valence-corrected chi connectivity index (χ2v) is 4.83. The maximum atomic E-state index is 14.0. The van der Waals surface area contributed by atoms with Crippen LogP contribution in [0.15, 0.2) is 15.8 Å². The Balaban J connectivity index is 2.50. The first kappa shape index (κ1) is 15.8. The molecule has 2 rings (SSSR count). The number of aliphatic hydroxyl groups is 2. The van der Waals surface area contributed by atoms with Gasteiger partial charge in [0.2, 0.25) is 0 Å². The van der Waals surface area contributed by atoms with Gasteiger partial charge < -0.3 is 14.9 Å². The Bertz CT molecular complexity index is 629.